The summed E-state index contributed by atoms with van der Waals surface area (Å²) in [6.45, 7) is 1.35. The van der Waals surface area contributed by atoms with Gasteiger partial charge in [0.2, 0.25) is 5.91 Å². The molecular weight excluding hydrogens is 232 g/mol. The number of carboxylic acid groups (broad SMARTS) is 1. The van der Waals surface area contributed by atoms with Crippen LogP contribution in [0, 0.1) is 5.41 Å². The van der Waals surface area contributed by atoms with Crippen LogP contribution < -0.4 is 5.73 Å². The number of carbonyl (C=O) groups excluding carboxylic acids is 1. The summed E-state index contributed by atoms with van der Waals surface area (Å²) in [6.07, 6.45) is 4.94. The average molecular weight is 254 g/mol. The van der Waals surface area contributed by atoms with Gasteiger partial charge in [0.25, 0.3) is 0 Å². The first-order chi connectivity index (χ1) is 8.53. The first kappa shape index (κ1) is 13.3. The van der Waals surface area contributed by atoms with Crippen molar-refractivity contribution in [2.45, 2.75) is 51.0 Å². The lowest BCUT2D eigenvalue weighted by atomic mass is 9.82. The van der Waals surface area contributed by atoms with E-state index in [0.717, 1.165) is 25.7 Å². The molecule has 0 bridgehead atoms. The lowest BCUT2D eigenvalue weighted by molar-refractivity contribution is -0.153. The van der Waals surface area contributed by atoms with Crippen LogP contribution >= 0.6 is 0 Å². The summed E-state index contributed by atoms with van der Waals surface area (Å²) >= 11 is 0. The fourth-order valence-electron chi connectivity index (χ4n) is 3.07. The predicted octanol–water partition coefficient (Wildman–Crippen LogP) is 0.971. The monoisotopic (exact) mass is 254 g/mol. The van der Waals surface area contributed by atoms with Gasteiger partial charge in [-0.1, -0.05) is 12.8 Å². The zero-order chi connectivity index (χ0) is 13.2. The van der Waals surface area contributed by atoms with Crippen molar-refractivity contribution in [2.24, 2.45) is 11.1 Å². The van der Waals surface area contributed by atoms with Gasteiger partial charge in [-0.25, -0.2) is 0 Å². The zero-order valence-electron chi connectivity index (χ0n) is 10.7. The van der Waals surface area contributed by atoms with Gasteiger partial charge in [0, 0.05) is 25.6 Å². The summed E-state index contributed by atoms with van der Waals surface area (Å²) in [7, 11) is 0. The van der Waals surface area contributed by atoms with Crippen molar-refractivity contribution in [1.82, 2.24) is 4.90 Å². The minimum atomic E-state index is -0.804. The van der Waals surface area contributed by atoms with Crippen LogP contribution in [0.15, 0.2) is 0 Å². The van der Waals surface area contributed by atoms with Crippen LogP contribution in [0.2, 0.25) is 0 Å². The second-order valence-corrected chi connectivity index (χ2v) is 5.69. The molecule has 0 aromatic carbocycles. The maximum absolute atomic E-state index is 12.2. The largest absolute Gasteiger partial charge is 0.481 e. The molecule has 0 atom stereocenters. The Balaban J connectivity index is 1.95. The summed E-state index contributed by atoms with van der Waals surface area (Å²) < 4.78 is 0. The third kappa shape index (κ3) is 2.66. The SMILES string of the molecule is NC1CCN(C(=O)CC2(C(=O)O)CCCC2)CC1. The van der Waals surface area contributed by atoms with Crippen molar-refractivity contribution < 1.29 is 14.7 Å². The number of aliphatic carboxylic acids is 1. The molecular formula is C13H22N2O3. The minimum absolute atomic E-state index is 0.00815. The number of amides is 1. The molecule has 1 heterocycles. The van der Waals surface area contributed by atoms with Crippen LogP contribution in [0.5, 0.6) is 0 Å². The Bertz CT molecular complexity index is 329. The number of nitrogens with two attached hydrogens (primary N) is 1. The van der Waals surface area contributed by atoms with Gasteiger partial charge in [0.1, 0.15) is 0 Å². The molecule has 1 saturated carbocycles. The highest BCUT2D eigenvalue weighted by atomic mass is 16.4. The van der Waals surface area contributed by atoms with Crippen molar-refractivity contribution in [3.05, 3.63) is 0 Å². The van der Waals surface area contributed by atoms with Crippen molar-refractivity contribution in [3.8, 4) is 0 Å². The van der Waals surface area contributed by atoms with Crippen LogP contribution in [0.25, 0.3) is 0 Å². The summed E-state index contributed by atoms with van der Waals surface area (Å²) in [6, 6.07) is 0.189. The molecule has 1 aliphatic carbocycles. The molecule has 102 valence electrons. The van der Waals surface area contributed by atoms with Gasteiger partial charge < -0.3 is 15.7 Å². The van der Waals surface area contributed by atoms with E-state index in [1.54, 1.807) is 4.90 Å². The number of likely N-dealkylation sites (tertiary alicyclic amines) is 1. The van der Waals surface area contributed by atoms with E-state index in [1.807, 2.05) is 0 Å². The Kier molecular flexibility index (Phi) is 3.90. The Morgan fingerprint density at radius 1 is 1.22 bits per heavy atom. The highest BCUT2D eigenvalue weighted by molar-refractivity contribution is 5.85. The lowest BCUT2D eigenvalue weighted by Crippen LogP contribution is -2.45. The number of rotatable bonds is 3. The highest BCUT2D eigenvalue weighted by Crippen LogP contribution is 2.41. The number of carboxylic acids is 1. The fraction of sp³-hybridized carbons (Fsp3) is 0.846. The molecule has 0 aromatic heterocycles. The molecule has 5 heteroatoms. The zero-order valence-corrected chi connectivity index (χ0v) is 10.7. The molecule has 0 radical (unpaired) electrons. The normalized spacial score (nSPS) is 24.2. The van der Waals surface area contributed by atoms with E-state index >= 15 is 0 Å². The summed E-state index contributed by atoms with van der Waals surface area (Å²) in [5.74, 6) is -0.812. The lowest BCUT2D eigenvalue weighted by Gasteiger charge is -2.33. The van der Waals surface area contributed by atoms with Gasteiger partial charge in [-0.15, -0.1) is 0 Å². The average Bonchev–Trinajstić information content (AvgIpc) is 2.79. The molecule has 18 heavy (non-hydrogen) atoms. The van der Waals surface area contributed by atoms with Gasteiger partial charge in [0.15, 0.2) is 0 Å². The number of hydrogen-bond acceptors (Lipinski definition) is 3. The smallest absolute Gasteiger partial charge is 0.310 e. The van der Waals surface area contributed by atoms with E-state index in [2.05, 4.69) is 0 Å². The molecule has 0 spiro atoms. The molecule has 1 aliphatic heterocycles. The molecule has 1 saturated heterocycles. The Labute approximate surface area is 107 Å². The van der Waals surface area contributed by atoms with Crippen LogP contribution in [-0.4, -0.2) is 41.0 Å². The van der Waals surface area contributed by atoms with Crippen molar-refractivity contribution in [1.29, 1.82) is 0 Å². The molecule has 0 unspecified atom stereocenters. The second-order valence-electron chi connectivity index (χ2n) is 5.69. The van der Waals surface area contributed by atoms with E-state index < -0.39 is 11.4 Å². The Morgan fingerprint density at radius 3 is 2.28 bits per heavy atom. The fourth-order valence-corrected chi connectivity index (χ4v) is 3.07. The van der Waals surface area contributed by atoms with Crippen LogP contribution in [0.1, 0.15) is 44.9 Å². The molecule has 2 rings (SSSR count). The number of nitrogens with zero attached hydrogens (tertiary/aromatic N) is 1. The standard InChI is InChI=1S/C13H22N2O3/c14-10-3-7-15(8-4-10)11(16)9-13(12(17)18)5-1-2-6-13/h10H,1-9,14H2,(H,17,18). The van der Waals surface area contributed by atoms with Crippen molar-refractivity contribution in [3.63, 3.8) is 0 Å². The summed E-state index contributed by atoms with van der Waals surface area (Å²) in [5.41, 5.74) is 5.01. The van der Waals surface area contributed by atoms with Gasteiger partial charge in [0.05, 0.1) is 5.41 Å². The van der Waals surface area contributed by atoms with Crippen LogP contribution in [-0.2, 0) is 9.59 Å². The number of piperidine rings is 1. The van der Waals surface area contributed by atoms with E-state index in [-0.39, 0.29) is 18.4 Å². The maximum atomic E-state index is 12.2. The third-order valence-corrected chi connectivity index (χ3v) is 4.40. The quantitative estimate of drug-likeness (QED) is 0.786. The topological polar surface area (TPSA) is 83.6 Å². The molecule has 1 amide bonds. The van der Waals surface area contributed by atoms with Crippen LogP contribution in [0.3, 0.4) is 0 Å². The molecule has 2 fully saturated rings. The van der Waals surface area contributed by atoms with Gasteiger partial charge >= 0.3 is 5.97 Å². The van der Waals surface area contributed by atoms with Crippen molar-refractivity contribution in [2.75, 3.05) is 13.1 Å². The third-order valence-electron chi connectivity index (χ3n) is 4.40. The first-order valence-corrected chi connectivity index (χ1v) is 6.80. The van der Waals surface area contributed by atoms with Crippen LogP contribution in [0.4, 0.5) is 0 Å². The number of carbonyl (C=O) groups is 2. The molecule has 5 nitrogen and oxygen atoms in total. The van der Waals surface area contributed by atoms with E-state index in [4.69, 9.17) is 5.73 Å². The Morgan fingerprint density at radius 2 is 1.78 bits per heavy atom. The summed E-state index contributed by atoms with van der Waals surface area (Å²) in [5, 5.41) is 9.36. The Hall–Kier alpha value is -1.10. The summed E-state index contributed by atoms with van der Waals surface area (Å²) in [4.78, 5) is 25.4. The van der Waals surface area contributed by atoms with Gasteiger partial charge in [-0.2, -0.15) is 0 Å². The van der Waals surface area contributed by atoms with Gasteiger partial charge in [-0.3, -0.25) is 9.59 Å². The maximum Gasteiger partial charge on any atom is 0.310 e. The van der Waals surface area contributed by atoms with E-state index in [1.165, 1.54) is 0 Å². The van der Waals surface area contributed by atoms with E-state index in [9.17, 15) is 14.7 Å². The minimum Gasteiger partial charge on any atom is -0.481 e. The molecule has 2 aliphatic rings. The second kappa shape index (κ2) is 5.26. The number of hydrogen-bond donors (Lipinski definition) is 2. The molecule has 3 N–H and O–H groups in total. The molecule has 0 aromatic rings. The van der Waals surface area contributed by atoms with Crippen molar-refractivity contribution >= 4 is 11.9 Å². The predicted molar refractivity (Wildman–Crippen MR) is 66.9 cm³/mol. The van der Waals surface area contributed by atoms with E-state index in [0.29, 0.717) is 25.9 Å². The first-order valence-electron chi connectivity index (χ1n) is 6.80. The highest BCUT2D eigenvalue weighted by Gasteiger charge is 2.43. The van der Waals surface area contributed by atoms with Gasteiger partial charge in [-0.05, 0) is 25.7 Å².